The molecule has 3 heterocycles. The van der Waals surface area contributed by atoms with E-state index in [1.165, 1.54) is 50.3 Å². The van der Waals surface area contributed by atoms with Crippen LogP contribution in [0.3, 0.4) is 0 Å². The molecule has 3 unspecified atom stereocenters. The van der Waals surface area contributed by atoms with Gasteiger partial charge in [-0.15, -0.1) is 0 Å². The average Bonchev–Trinajstić information content (AvgIpc) is 2.89. The van der Waals surface area contributed by atoms with Crippen molar-refractivity contribution in [2.24, 2.45) is 0 Å². The number of hydrogen-bond donors (Lipinski definition) is 1. The monoisotopic (exact) mass is 256 g/mol. The van der Waals surface area contributed by atoms with Crippen LogP contribution < -0.4 is 5.32 Å². The Morgan fingerprint density at radius 1 is 1.35 bits per heavy atom. The Morgan fingerprint density at radius 3 is 3.00 bits per heavy atom. The maximum absolute atomic E-state index is 6.07. The molecular weight excluding hydrogens is 232 g/mol. The minimum absolute atomic E-state index is 0.227. The second-order valence-electron chi connectivity index (χ2n) is 5.94. The SMILES string of the molecule is CN1CCC(NC2CCOC3(CCSC3)C2)C1. The number of ether oxygens (including phenoxy) is 1. The lowest BCUT2D eigenvalue weighted by atomic mass is 9.89. The largest absolute Gasteiger partial charge is 0.374 e. The van der Waals surface area contributed by atoms with Gasteiger partial charge in [0.05, 0.1) is 5.60 Å². The minimum atomic E-state index is 0.227. The molecule has 0 aromatic rings. The van der Waals surface area contributed by atoms with E-state index in [4.69, 9.17) is 4.74 Å². The van der Waals surface area contributed by atoms with Gasteiger partial charge in [-0.25, -0.2) is 0 Å². The first-order valence-corrected chi connectivity index (χ1v) is 8.08. The molecule has 0 aliphatic carbocycles. The summed E-state index contributed by atoms with van der Waals surface area (Å²) < 4.78 is 6.07. The third-order valence-electron chi connectivity index (χ3n) is 4.42. The minimum Gasteiger partial charge on any atom is -0.374 e. The number of likely N-dealkylation sites (N-methyl/N-ethyl adjacent to an activating group) is 1. The topological polar surface area (TPSA) is 24.5 Å². The number of hydrogen-bond acceptors (Lipinski definition) is 4. The molecule has 3 atom stereocenters. The Morgan fingerprint density at radius 2 is 2.29 bits per heavy atom. The van der Waals surface area contributed by atoms with Crippen LogP contribution in [0.4, 0.5) is 0 Å². The Labute approximate surface area is 109 Å². The van der Waals surface area contributed by atoms with Crippen molar-refractivity contribution in [2.75, 3.05) is 38.2 Å². The molecule has 3 rings (SSSR count). The van der Waals surface area contributed by atoms with Gasteiger partial charge in [-0.1, -0.05) is 0 Å². The van der Waals surface area contributed by atoms with E-state index in [9.17, 15) is 0 Å². The van der Waals surface area contributed by atoms with Gasteiger partial charge in [0.1, 0.15) is 0 Å². The van der Waals surface area contributed by atoms with E-state index in [-0.39, 0.29) is 5.60 Å². The zero-order valence-corrected chi connectivity index (χ0v) is 11.6. The van der Waals surface area contributed by atoms with Crippen LogP contribution >= 0.6 is 11.8 Å². The first-order valence-electron chi connectivity index (χ1n) is 6.92. The smallest absolute Gasteiger partial charge is 0.0795 e. The number of thioether (sulfide) groups is 1. The molecule has 17 heavy (non-hydrogen) atoms. The van der Waals surface area contributed by atoms with Crippen LogP contribution in [0.5, 0.6) is 0 Å². The number of nitrogens with one attached hydrogen (secondary N) is 1. The van der Waals surface area contributed by atoms with Gasteiger partial charge in [-0.05, 0) is 45.0 Å². The lowest BCUT2D eigenvalue weighted by molar-refractivity contribution is -0.0711. The van der Waals surface area contributed by atoms with E-state index in [1.807, 2.05) is 0 Å². The highest BCUT2D eigenvalue weighted by Crippen LogP contribution is 2.38. The van der Waals surface area contributed by atoms with Crippen molar-refractivity contribution in [2.45, 2.75) is 43.4 Å². The van der Waals surface area contributed by atoms with Gasteiger partial charge in [0.15, 0.2) is 0 Å². The summed E-state index contributed by atoms with van der Waals surface area (Å²) in [6.45, 7) is 3.43. The first-order chi connectivity index (χ1) is 8.26. The molecule has 1 spiro atoms. The molecule has 0 amide bonds. The standard InChI is InChI=1S/C13H24N2OS/c1-15-5-2-12(9-15)14-11-3-6-16-13(8-11)4-7-17-10-13/h11-12,14H,2-10H2,1H3. The second kappa shape index (κ2) is 5.08. The van der Waals surface area contributed by atoms with Gasteiger partial charge in [-0.3, -0.25) is 0 Å². The van der Waals surface area contributed by atoms with Gasteiger partial charge < -0.3 is 15.0 Å². The Bertz CT molecular complexity index is 268. The van der Waals surface area contributed by atoms with Crippen molar-refractivity contribution in [3.63, 3.8) is 0 Å². The van der Waals surface area contributed by atoms with Crippen molar-refractivity contribution in [3.05, 3.63) is 0 Å². The Balaban J connectivity index is 1.53. The first kappa shape index (κ1) is 12.3. The molecule has 0 aromatic heterocycles. The van der Waals surface area contributed by atoms with E-state index >= 15 is 0 Å². The number of rotatable bonds is 2. The fraction of sp³-hybridized carbons (Fsp3) is 1.00. The van der Waals surface area contributed by atoms with E-state index < -0.39 is 0 Å². The van der Waals surface area contributed by atoms with E-state index in [1.54, 1.807) is 0 Å². The predicted molar refractivity (Wildman–Crippen MR) is 72.7 cm³/mol. The number of nitrogens with zero attached hydrogens (tertiary/aromatic N) is 1. The summed E-state index contributed by atoms with van der Waals surface area (Å²) in [5.74, 6) is 2.51. The molecule has 3 fully saturated rings. The van der Waals surface area contributed by atoms with Crippen molar-refractivity contribution < 1.29 is 4.74 Å². The van der Waals surface area contributed by atoms with Gasteiger partial charge in [0.25, 0.3) is 0 Å². The second-order valence-corrected chi connectivity index (χ2v) is 7.04. The molecule has 3 saturated heterocycles. The Kier molecular flexibility index (Phi) is 3.67. The third-order valence-corrected chi connectivity index (χ3v) is 5.65. The van der Waals surface area contributed by atoms with Crippen molar-refractivity contribution in [3.8, 4) is 0 Å². The molecule has 0 radical (unpaired) electrons. The molecule has 0 aromatic carbocycles. The maximum atomic E-state index is 6.07. The molecule has 3 nitrogen and oxygen atoms in total. The van der Waals surface area contributed by atoms with Crippen molar-refractivity contribution in [1.29, 1.82) is 0 Å². The third kappa shape index (κ3) is 2.80. The molecular formula is C13H24N2OS. The van der Waals surface area contributed by atoms with Crippen molar-refractivity contribution >= 4 is 11.8 Å². The molecule has 1 N–H and O–H groups in total. The lowest BCUT2D eigenvalue weighted by Gasteiger charge is -2.39. The van der Waals surface area contributed by atoms with E-state index in [2.05, 4.69) is 29.0 Å². The summed E-state index contributed by atoms with van der Waals surface area (Å²) in [6.07, 6.45) is 5.02. The number of likely N-dealkylation sites (tertiary alicyclic amines) is 1. The van der Waals surface area contributed by atoms with Crippen LogP contribution in [0.25, 0.3) is 0 Å². The molecule has 3 aliphatic rings. The molecule has 98 valence electrons. The van der Waals surface area contributed by atoms with Crippen LogP contribution in [-0.2, 0) is 4.74 Å². The normalized spacial score (nSPS) is 43.6. The van der Waals surface area contributed by atoms with Crippen LogP contribution in [0.15, 0.2) is 0 Å². The molecule has 0 bridgehead atoms. The highest BCUT2D eigenvalue weighted by Gasteiger charge is 2.41. The highest BCUT2D eigenvalue weighted by atomic mass is 32.2. The van der Waals surface area contributed by atoms with Crippen LogP contribution in [-0.4, -0.2) is 60.8 Å². The zero-order chi connectivity index (χ0) is 11.7. The predicted octanol–water partition coefficient (Wildman–Crippen LogP) is 1.33. The average molecular weight is 256 g/mol. The summed E-state index contributed by atoms with van der Waals surface area (Å²) in [6, 6.07) is 1.41. The van der Waals surface area contributed by atoms with Crippen LogP contribution in [0.2, 0.25) is 0 Å². The van der Waals surface area contributed by atoms with Gasteiger partial charge in [0, 0.05) is 31.0 Å². The lowest BCUT2D eigenvalue weighted by Crippen LogP contribution is -2.50. The van der Waals surface area contributed by atoms with Crippen molar-refractivity contribution in [1.82, 2.24) is 10.2 Å². The maximum Gasteiger partial charge on any atom is 0.0795 e. The molecule has 0 saturated carbocycles. The summed E-state index contributed by atoms with van der Waals surface area (Å²) in [4.78, 5) is 2.43. The fourth-order valence-electron chi connectivity index (χ4n) is 3.44. The van der Waals surface area contributed by atoms with E-state index in [0.717, 1.165) is 6.61 Å². The molecule has 4 heteroatoms. The summed E-state index contributed by atoms with van der Waals surface area (Å²) in [7, 11) is 2.22. The zero-order valence-electron chi connectivity index (χ0n) is 10.8. The van der Waals surface area contributed by atoms with Gasteiger partial charge in [0.2, 0.25) is 0 Å². The summed E-state index contributed by atoms with van der Waals surface area (Å²) in [5, 5.41) is 3.87. The quantitative estimate of drug-likeness (QED) is 0.806. The van der Waals surface area contributed by atoms with Gasteiger partial charge in [-0.2, -0.15) is 11.8 Å². The van der Waals surface area contributed by atoms with Crippen LogP contribution in [0.1, 0.15) is 25.7 Å². The molecule has 3 aliphatic heterocycles. The van der Waals surface area contributed by atoms with Gasteiger partial charge >= 0.3 is 0 Å². The fourth-order valence-corrected chi connectivity index (χ4v) is 4.82. The summed E-state index contributed by atoms with van der Waals surface area (Å²) >= 11 is 2.06. The summed E-state index contributed by atoms with van der Waals surface area (Å²) in [5.41, 5.74) is 0.227. The van der Waals surface area contributed by atoms with Crippen LogP contribution in [0, 0.1) is 0 Å². The highest BCUT2D eigenvalue weighted by molar-refractivity contribution is 7.99. The van der Waals surface area contributed by atoms with E-state index in [0.29, 0.717) is 12.1 Å². The Hall–Kier alpha value is 0.230.